The zero-order chi connectivity index (χ0) is 25.4. The number of nitrogens with one attached hydrogen (secondary N) is 1. The lowest BCUT2D eigenvalue weighted by Crippen LogP contribution is -2.56. The number of amides is 2. The van der Waals surface area contributed by atoms with Crippen LogP contribution in [0.25, 0.3) is 16.7 Å². The number of hydrogen-bond acceptors (Lipinski definition) is 6. The van der Waals surface area contributed by atoms with Crippen molar-refractivity contribution in [3.63, 3.8) is 0 Å². The second-order valence-electron chi connectivity index (χ2n) is 8.78. The molecular weight excluding hydrogens is 460 g/mol. The van der Waals surface area contributed by atoms with Gasteiger partial charge >= 0.3 is 0 Å². The van der Waals surface area contributed by atoms with Crippen molar-refractivity contribution in [3.8, 4) is 11.6 Å². The third-order valence-corrected chi connectivity index (χ3v) is 6.54. The van der Waals surface area contributed by atoms with E-state index in [1.54, 1.807) is 27.9 Å². The average Bonchev–Trinajstić information content (AvgIpc) is 3.54. The first kappa shape index (κ1) is 23.3. The predicted octanol–water partition coefficient (Wildman–Crippen LogP) is 2.62. The molecule has 1 unspecified atom stereocenters. The number of piperazine rings is 1. The highest BCUT2D eigenvalue weighted by molar-refractivity contribution is 6.45. The van der Waals surface area contributed by atoms with E-state index in [4.69, 9.17) is 4.74 Å². The molecule has 1 aliphatic heterocycles. The summed E-state index contributed by atoms with van der Waals surface area (Å²) in [5.41, 5.74) is 2.21. The van der Waals surface area contributed by atoms with Gasteiger partial charge in [0.1, 0.15) is 5.75 Å². The van der Waals surface area contributed by atoms with Gasteiger partial charge in [0.05, 0.1) is 29.8 Å². The number of ketones is 1. The molecule has 0 saturated carbocycles. The van der Waals surface area contributed by atoms with Crippen molar-refractivity contribution in [2.45, 2.75) is 19.9 Å². The maximum absolute atomic E-state index is 13.4. The van der Waals surface area contributed by atoms with Crippen LogP contribution in [0.2, 0.25) is 0 Å². The highest BCUT2D eigenvalue weighted by Crippen LogP contribution is 2.32. The molecule has 1 aliphatic rings. The third-order valence-electron chi connectivity index (χ3n) is 6.54. The number of carbonyl (C=O) groups excluding carboxylic acids is 3. The highest BCUT2D eigenvalue weighted by atomic mass is 16.5. The number of aromatic amines is 1. The maximum Gasteiger partial charge on any atom is 0.295 e. The molecule has 0 bridgehead atoms. The van der Waals surface area contributed by atoms with Gasteiger partial charge in [-0.15, -0.1) is 0 Å². The molecule has 1 N–H and O–H groups in total. The lowest BCUT2D eigenvalue weighted by atomic mass is 10.1. The molecule has 2 amide bonds. The minimum absolute atomic E-state index is 0.0863. The van der Waals surface area contributed by atoms with E-state index in [1.807, 2.05) is 38.1 Å². The van der Waals surface area contributed by atoms with Crippen LogP contribution in [0.4, 0.5) is 0 Å². The minimum atomic E-state index is -0.649. The Bertz CT molecular complexity index is 1460. The quantitative estimate of drug-likeness (QED) is 0.343. The molecule has 1 atom stereocenters. The van der Waals surface area contributed by atoms with Gasteiger partial charge in [-0.05, 0) is 32.0 Å². The molecule has 1 fully saturated rings. The fourth-order valence-corrected chi connectivity index (χ4v) is 4.64. The van der Waals surface area contributed by atoms with Crippen molar-refractivity contribution in [1.29, 1.82) is 0 Å². The first-order valence-corrected chi connectivity index (χ1v) is 11.7. The molecule has 1 saturated heterocycles. The number of benzene rings is 1. The smallest absolute Gasteiger partial charge is 0.295 e. The first-order valence-electron chi connectivity index (χ1n) is 11.7. The fourth-order valence-electron chi connectivity index (χ4n) is 4.64. The Balaban J connectivity index is 1.40. The van der Waals surface area contributed by atoms with Gasteiger partial charge in [-0.25, -0.2) is 9.67 Å². The molecule has 3 aromatic heterocycles. The van der Waals surface area contributed by atoms with Crippen molar-refractivity contribution in [2.75, 3.05) is 26.7 Å². The number of aromatic nitrogens is 4. The Morgan fingerprint density at radius 2 is 1.89 bits per heavy atom. The normalized spacial score (nSPS) is 15.8. The highest BCUT2D eigenvalue weighted by Gasteiger charge is 2.34. The van der Waals surface area contributed by atoms with E-state index in [9.17, 15) is 14.4 Å². The number of pyridine rings is 1. The number of methoxy groups -OCH3 is 1. The van der Waals surface area contributed by atoms with E-state index in [2.05, 4.69) is 15.1 Å². The predicted molar refractivity (Wildman–Crippen MR) is 132 cm³/mol. The maximum atomic E-state index is 13.4. The number of carbonyl (C=O) groups is 3. The second kappa shape index (κ2) is 9.29. The molecule has 0 radical (unpaired) electrons. The van der Waals surface area contributed by atoms with Gasteiger partial charge in [0.25, 0.3) is 17.6 Å². The number of nitrogens with zero attached hydrogens (tertiary/aromatic N) is 5. The third kappa shape index (κ3) is 3.90. The van der Waals surface area contributed by atoms with Crippen molar-refractivity contribution >= 4 is 28.5 Å². The summed E-state index contributed by atoms with van der Waals surface area (Å²) in [6, 6.07) is 10.7. The van der Waals surface area contributed by atoms with Crippen molar-refractivity contribution in [2.24, 2.45) is 0 Å². The van der Waals surface area contributed by atoms with Gasteiger partial charge in [0, 0.05) is 49.3 Å². The molecular formula is C26H26N6O4. The van der Waals surface area contributed by atoms with Crippen LogP contribution in [0.15, 0.2) is 55.0 Å². The van der Waals surface area contributed by atoms with E-state index in [0.29, 0.717) is 34.6 Å². The summed E-state index contributed by atoms with van der Waals surface area (Å²) in [6.07, 6.45) is 4.69. The van der Waals surface area contributed by atoms with Gasteiger partial charge in [-0.2, -0.15) is 5.10 Å². The van der Waals surface area contributed by atoms with Crippen LogP contribution in [0, 0.1) is 6.92 Å². The number of H-pyrrole nitrogens is 1. The number of hydrogen-bond donors (Lipinski definition) is 1. The SMILES string of the molecule is COc1cnc(-n2nccc2C)c2[nH]cc(C(=O)C(=O)N3CCN(C(=O)c4ccccc4)C(C)C3)c12. The summed E-state index contributed by atoms with van der Waals surface area (Å²) in [5, 5.41) is 4.78. The summed E-state index contributed by atoms with van der Waals surface area (Å²) in [6.45, 7) is 4.66. The number of fused-ring (bicyclic) bond motifs is 1. The van der Waals surface area contributed by atoms with Gasteiger partial charge in [0.2, 0.25) is 0 Å². The van der Waals surface area contributed by atoms with Crippen molar-refractivity contribution < 1.29 is 19.1 Å². The largest absolute Gasteiger partial charge is 0.494 e. The zero-order valence-corrected chi connectivity index (χ0v) is 20.3. The zero-order valence-electron chi connectivity index (χ0n) is 20.3. The Hall–Kier alpha value is -4.47. The van der Waals surface area contributed by atoms with Crippen molar-refractivity contribution in [3.05, 3.63) is 71.8 Å². The monoisotopic (exact) mass is 486 g/mol. The first-order chi connectivity index (χ1) is 17.4. The molecule has 4 heterocycles. The molecule has 184 valence electrons. The summed E-state index contributed by atoms with van der Waals surface area (Å²) in [5.74, 6) is -0.477. The Labute approximate surface area is 207 Å². The number of ether oxygens (including phenoxy) is 1. The molecule has 0 aliphatic carbocycles. The van der Waals surface area contributed by atoms with Crippen LogP contribution in [0.5, 0.6) is 5.75 Å². The van der Waals surface area contributed by atoms with Crippen LogP contribution in [0.3, 0.4) is 0 Å². The van der Waals surface area contributed by atoms with Crippen LogP contribution >= 0.6 is 0 Å². The van der Waals surface area contributed by atoms with Gasteiger partial charge in [-0.1, -0.05) is 18.2 Å². The summed E-state index contributed by atoms with van der Waals surface area (Å²) < 4.78 is 7.12. The summed E-state index contributed by atoms with van der Waals surface area (Å²) in [7, 11) is 1.49. The molecule has 36 heavy (non-hydrogen) atoms. The summed E-state index contributed by atoms with van der Waals surface area (Å²) >= 11 is 0. The van der Waals surface area contributed by atoms with Crippen LogP contribution in [0.1, 0.15) is 33.3 Å². The Morgan fingerprint density at radius 1 is 1.11 bits per heavy atom. The number of rotatable bonds is 5. The molecule has 0 spiro atoms. The average molecular weight is 487 g/mol. The van der Waals surface area contributed by atoms with Crippen LogP contribution in [-0.4, -0.2) is 79.9 Å². The van der Waals surface area contributed by atoms with Crippen LogP contribution < -0.4 is 4.74 Å². The molecule has 10 nitrogen and oxygen atoms in total. The lowest BCUT2D eigenvalue weighted by Gasteiger charge is -2.39. The van der Waals surface area contributed by atoms with Gasteiger partial charge in [-0.3, -0.25) is 14.4 Å². The Morgan fingerprint density at radius 3 is 2.56 bits per heavy atom. The second-order valence-corrected chi connectivity index (χ2v) is 8.78. The summed E-state index contributed by atoms with van der Waals surface area (Å²) in [4.78, 5) is 50.4. The molecule has 4 aromatic rings. The van der Waals surface area contributed by atoms with E-state index >= 15 is 0 Å². The fraction of sp³-hybridized carbons (Fsp3) is 0.269. The van der Waals surface area contributed by atoms with E-state index < -0.39 is 11.7 Å². The lowest BCUT2D eigenvalue weighted by molar-refractivity contribution is -0.128. The molecule has 1 aromatic carbocycles. The van der Waals surface area contributed by atoms with E-state index in [-0.39, 0.29) is 30.6 Å². The standard InChI is InChI=1S/C26H26N6O4/c1-16-9-10-29-32(16)24-22-21(20(36-3)14-28-24)19(13-27-22)23(33)26(35)30-11-12-31(17(2)15-30)25(34)18-7-5-4-6-8-18/h4-10,13-14,17,27H,11-12,15H2,1-3H3. The van der Waals surface area contributed by atoms with Gasteiger partial charge in [0.15, 0.2) is 5.82 Å². The van der Waals surface area contributed by atoms with Gasteiger partial charge < -0.3 is 19.5 Å². The number of Topliss-reactive ketones (excluding diaryl/α,β-unsaturated/α-hetero) is 1. The van der Waals surface area contributed by atoms with Crippen LogP contribution in [-0.2, 0) is 4.79 Å². The molecule has 5 rings (SSSR count). The van der Waals surface area contributed by atoms with E-state index in [1.165, 1.54) is 24.4 Å². The minimum Gasteiger partial charge on any atom is -0.494 e. The number of aryl methyl sites for hydroxylation is 1. The van der Waals surface area contributed by atoms with E-state index in [0.717, 1.165) is 5.69 Å². The Kier molecular flexibility index (Phi) is 6.01. The molecule has 10 heteroatoms. The van der Waals surface area contributed by atoms with Crippen molar-refractivity contribution in [1.82, 2.24) is 29.5 Å². The topological polar surface area (TPSA) is 113 Å².